The monoisotopic (exact) mass is 651 g/mol. The van der Waals surface area contributed by atoms with Gasteiger partial charge in [-0.2, -0.15) is 0 Å². The van der Waals surface area contributed by atoms with Crippen LogP contribution in [-0.4, -0.2) is 47.6 Å². The van der Waals surface area contributed by atoms with Crippen LogP contribution >= 0.6 is 27.7 Å². The zero-order valence-electron chi connectivity index (χ0n) is 23.6. The molecule has 4 amide bonds. The number of nitrogens with zero attached hydrogens (tertiary/aromatic N) is 1. The van der Waals surface area contributed by atoms with Crippen LogP contribution in [0.1, 0.15) is 29.2 Å². The quantitative estimate of drug-likeness (QED) is 0.242. The molecule has 0 bridgehead atoms. The first kappa shape index (κ1) is 30.9. The molecule has 3 aromatic carbocycles. The van der Waals surface area contributed by atoms with Crippen LogP contribution in [0.3, 0.4) is 0 Å². The highest BCUT2D eigenvalue weighted by molar-refractivity contribution is 9.10. The van der Waals surface area contributed by atoms with Crippen LogP contribution in [0.25, 0.3) is 6.08 Å². The summed E-state index contributed by atoms with van der Waals surface area (Å²) in [4.78, 5) is 51.8. The van der Waals surface area contributed by atoms with Crippen molar-refractivity contribution in [1.29, 1.82) is 0 Å². The van der Waals surface area contributed by atoms with Gasteiger partial charge in [-0.15, -0.1) is 0 Å². The standard InChI is InChI=1S/C31H30BrN3O6S/c1-5-40-25-14-21(13-24(32)29(25)41-17-28(37)33-22-9-6-18(2)7-10-22)15-26-30(38)35(31(39)42-26)16-27(36)34-23-11-8-19(3)20(4)12-23/h6-15H,5,16-17H2,1-4H3,(H,33,37)(H,34,36)/b26-15+. The first-order chi connectivity index (χ1) is 20.0. The fourth-order valence-electron chi connectivity index (χ4n) is 4.00. The van der Waals surface area contributed by atoms with Crippen molar-refractivity contribution in [3.8, 4) is 11.5 Å². The number of benzene rings is 3. The van der Waals surface area contributed by atoms with E-state index < -0.39 is 23.6 Å². The number of halogens is 1. The number of hydrogen-bond acceptors (Lipinski definition) is 7. The van der Waals surface area contributed by atoms with E-state index in [2.05, 4.69) is 26.6 Å². The average molecular weight is 653 g/mol. The predicted octanol–water partition coefficient (Wildman–Crippen LogP) is 6.47. The van der Waals surface area contributed by atoms with Crippen LogP contribution in [0, 0.1) is 20.8 Å². The lowest BCUT2D eigenvalue weighted by atomic mass is 10.1. The first-order valence-electron chi connectivity index (χ1n) is 13.1. The number of thioether (sulfide) groups is 1. The number of amides is 4. The molecule has 1 saturated heterocycles. The molecule has 0 aliphatic carbocycles. The molecule has 3 aromatic rings. The molecule has 1 aliphatic heterocycles. The number of carbonyl (C=O) groups is 4. The molecule has 1 aliphatic rings. The minimum atomic E-state index is -0.567. The Morgan fingerprint density at radius 3 is 2.29 bits per heavy atom. The third kappa shape index (κ3) is 7.80. The Bertz CT molecular complexity index is 1570. The second kappa shape index (κ2) is 13.7. The Morgan fingerprint density at radius 2 is 1.60 bits per heavy atom. The van der Waals surface area contributed by atoms with E-state index in [1.54, 1.807) is 24.3 Å². The summed E-state index contributed by atoms with van der Waals surface area (Å²) in [6, 6.07) is 16.2. The van der Waals surface area contributed by atoms with Gasteiger partial charge in [-0.3, -0.25) is 24.1 Å². The van der Waals surface area contributed by atoms with Gasteiger partial charge in [0.2, 0.25) is 5.91 Å². The van der Waals surface area contributed by atoms with Crippen molar-refractivity contribution in [2.24, 2.45) is 0 Å². The maximum atomic E-state index is 13.0. The van der Waals surface area contributed by atoms with E-state index in [-0.39, 0.29) is 17.4 Å². The lowest BCUT2D eigenvalue weighted by Crippen LogP contribution is -2.36. The van der Waals surface area contributed by atoms with Gasteiger partial charge in [0, 0.05) is 11.4 Å². The summed E-state index contributed by atoms with van der Waals surface area (Å²) in [5, 5.41) is 4.98. The number of imide groups is 1. The molecule has 4 rings (SSSR count). The number of carbonyl (C=O) groups excluding carboxylic acids is 4. The fourth-order valence-corrected chi connectivity index (χ4v) is 5.41. The number of aryl methyl sites for hydroxylation is 3. The average Bonchev–Trinajstić information content (AvgIpc) is 3.19. The zero-order valence-corrected chi connectivity index (χ0v) is 26.0. The summed E-state index contributed by atoms with van der Waals surface area (Å²) in [5.41, 5.74) is 5.00. The Labute approximate surface area is 256 Å². The maximum Gasteiger partial charge on any atom is 0.294 e. The Kier molecular flexibility index (Phi) is 10.1. The molecule has 1 fully saturated rings. The third-order valence-electron chi connectivity index (χ3n) is 6.28. The third-order valence-corrected chi connectivity index (χ3v) is 7.77. The van der Waals surface area contributed by atoms with Crippen molar-refractivity contribution in [3.05, 3.63) is 86.2 Å². The predicted molar refractivity (Wildman–Crippen MR) is 168 cm³/mol. The van der Waals surface area contributed by atoms with Gasteiger partial charge in [-0.1, -0.05) is 23.8 Å². The molecule has 0 spiro atoms. The highest BCUT2D eigenvalue weighted by Gasteiger charge is 2.36. The first-order valence-corrected chi connectivity index (χ1v) is 14.7. The van der Waals surface area contributed by atoms with Gasteiger partial charge < -0.3 is 20.1 Å². The smallest absolute Gasteiger partial charge is 0.294 e. The van der Waals surface area contributed by atoms with Gasteiger partial charge in [0.15, 0.2) is 18.1 Å². The molecule has 0 saturated carbocycles. The van der Waals surface area contributed by atoms with Crippen molar-refractivity contribution in [1.82, 2.24) is 4.90 Å². The van der Waals surface area contributed by atoms with E-state index in [1.807, 2.05) is 64.1 Å². The SMILES string of the molecule is CCOc1cc(/C=C2/SC(=O)N(CC(=O)Nc3ccc(C)c(C)c3)C2=O)cc(Br)c1OCC(=O)Nc1ccc(C)cc1. The highest BCUT2D eigenvalue weighted by atomic mass is 79.9. The second-order valence-corrected chi connectivity index (χ2v) is 11.4. The topological polar surface area (TPSA) is 114 Å². The van der Waals surface area contributed by atoms with Gasteiger partial charge in [0.1, 0.15) is 6.54 Å². The second-order valence-electron chi connectivity index (χ2n) is 9.58. The van der Waals surface area contributed by atoms with E-state index in [4.69, 9.17) is 9.47 Å². The number of anilines is 2. The van der Waals surface area contributed by atoms with Crippen molar-refractivity contribution in [2.75, 3.05) is 30.4 Å². The molecule has 2 N–H and O–H groups in total. The number of ether oxygens (including phenoxy) is 2. The van der Waals surface area contributed by atoms with Crippen LogP contribution < -0.4 is 20.1 Å². The number of hydrogen-bond donors (Lipinski definition) is 2. The van der Waals surface area contributed by atoms with E-state index in [0.29, 0.717) is 39.5 Å². The highest BCUT2D eigenvalue weighted by Crippen LogP contribution is 2.39. The van der Waals surface area contributed by atoms with Crippen LogP contribution in [0.2, 0.25) is 0 Å². The van der Waals surface area contributed by atoms with E-state index in [9.17, 15) is 19.2 Å². The Balaban J connectivity index is 1.44. The summed E-state index contributed by atoms with van der Waals surface area (Å²) in [5.74, 6) is -0.705. The maximum absolute atomic E-state index is 13.0. The lowest BCUT2D eigenvalue weighted by molar-refractivity contribution is -0.127. The summed E-state index contributed by atoms with van der Waals surface area (Å²) < 4.78 is 12.0. The van der Waals surface area contributed by atoms with Gasteiger partial charge in [0.25, 0.3) is 17.1 Å². The van der Waals surface area contributed by atoms with Crippen molar-refractivity contribution >= 4 is 68.1 Å². The molecule has 42 heavy (non-hydrogen) atoms. The van der Waals surface area contributed by atoms with E-state index >= 15 is 0 Å². The van der Waals surface area contributed by atoms with Crippen LogP contribution in [-0.2, 0) is 14.4 Å². The minimum absolute atomic E-state index is 0.166. The molecule has 218 valence electrons. The zero-order chi connectivity index (χ0) is 30.4. The molecule has 11 heteroatoms. The molecule has 0 atom stereocenters. The van der Waals surface area contributed by atoms with Crippen LogP contribution in [0.5, 0.6) is 11.5 Å². The van der Waals surface area contributed by atoms with E-state index in [1.165, 1.54) is 0 Å². The van der Waals surface area contributed by atoms with E-state index in [0.717, 1.165) is 33.4 Å². The minimum Gasteiger partial charge on any atom is -0.490 e. The molecular formula is C31H30BrN3O6S. The van der Waals surface area contributed by atoms with Gasteiger partial charge >= 0.3 is 0 Å². The molecule has 9 nitrogen and oxygen atoms in total. The summed E-state index contributed by atoms with van der Waals surface area (Å²) in [7, 11) is 0. The summed E-state index contributed by atoms with van der Waals surface area (Å²) in [6.45, 7) is 7.34. The lowest BCUT2D eigenvalue weighted by Gasteiger charge is -2.15. The molecule has 0 radical (unpaired) electrons. The Morgan fingerprint density at radius 1 is 0.905 bits per heavy atom. The molecular weight excluding hydrogens is 622 g/mol. The summed E-state index contributed by atoms with van der Waals surface area (Å²) in [6.07, 6.45) is 1.55. The van der Waals surface area contributed by atoms with Gasteiger partial charge in [-0.05, 0) is 115 Å². The molecule has 0 unspecified atom stereocenters. The summed E-state index contributed by atoms with van der Waals surface area (Å²) >= 11 is 4.22. The molecule has 0 aromatic heterocycles. The van der Waals surface area contributed by atoms with Crippen molar-refractivity contribution in [3.63, 3.8) is 0 Å². The normalized spacial score (nSPS) is 13.8. The largest absolute Gasteiger partial charge is 0.490 e. The number of rotatable bonds is 10. The number of nitrogens with one attached hydrogen (secondary N) is 2. The van der Waals surface area contributed by atoms with Crippen LogP contribution in [0.4, 0.5) is 16.2 Å². The van der Waals surface area contributed by atoms with Crippen molar-refractivity contribution in [2.45, 2.75) is 27.7 Å². The van der Waals surface area contributed by atoms with Gasteiger partial charge in [-0.25, -0.2) is 0 Å². The van der Waals surface area contributed by atoms with Gasteiger partial charge in [0.05, 0.1) is 16.0 Å². The molecule has 1 heterocycles. The van der Waals surface area contributed by atoms with Crippen molar-refractivity contribution < 1.29 is 28.7 Å². The van der Waals surface area contributed by atoms with Crippen LogP contribution in [0.15, 0.2) is 64.0 Å². The Hall–Kier alpha value is -4.09. The fraction of sp³-hybridized carbons (Fsp3) is 0.226.